The maximum Gasteiger partial charge on any atom is 0.341 e. The topological polar surface area (TPSA) is 82.1 Å². The molecule has 0 bridgehead atoms. The van der Waals surface area contributed by atoms with Gasteiger partial charge in [-0.1, -0.05) is 24.4 Å². The second-order valence-corrected chi connectivity index (χ2v) is 6.44. The highest BCUT2D eigenvalue weighted by Crippen LogP contribution is 2.19. The van der Waals surface area contributed by atoms with Crippen LogP contribution in [0.4, 0.5) is 0 Å². The first kappa shape index (κ1) is 22.3. The first-order valence-electron chi connectivity index (χ1n) is 8.78. The van der Waals surface area contributed by atoms with Gasteiger partial charge in [-0.15, -0.1) is 0 Å². The standard InChI is InChI=1S/C19H27ClO6/c1-3-24-18(22)19(23,14-26-15(2)21)12-6-4-5-7-13-25-17-10-8-16(20)9-11-17/h8-11,23H,3-7,12-14H2,1-2H3/t19-/m0/s1. The Balaban J connectivity index is 2.27. The van der Waals surface area contributed by atoms with Gasteiger partial charge in [0.05, 0.1) is 13.2 Å². The van der Waals surface area contributed by atoms with Crippen LogP contribution in [-0.4, -0.2) is 42.5 Å². The van der Waals surface area contributed by atoms with Crippen LogP contribution in [0.25, 0.3) is 0 Å². The molecule has 0 aromatic heterocycles. The molecule has 0 fully saturated rings. The van der Waals surface area contributed by atoms with Crippen LogP contribution in [0.2, 0.25) is 5.02 Å². The highest BCUT2D eigenvalue weighted by molar-refractivity contribution is 6.30. The zero-order chi connectivity index (χ0) is 19.4. The second kappa shape index (κ2) is 11.8. The number of hydrogen-bond donors (Lipinski definition) is 1. The molecule has 7 heteroatoms. The average molecular weight is 387 g/mol. The first-order valence-corrected chi connectivity index (χ1v) is 9.16. The molecule has 146 valence electrons. The van der Waals surface area contributed by atoms with E-state index in [4.69, 9.17) is 25.8 Å². The van der Waals surface area contributed by atoms with Gasteiger partial charge < -0.3 is 19.3 Å². The van der Waals surface area contributed by atoms with E-state index in [9.17, 15) is 14.7 Å². The third-order valence-corrected chi connectivity index (χ3v) is 3.99. The Kier molecular flexibility index (Phi) is 10.1. The third-order valence-electron chi connectivity index (χ3n) is 3.74. The van der Waals surface area contributed by atoms with E-state index < -0.39 is 17.5 Å². The highest BCUT2D eigenvalue weighted by atomic mass is 35.5. The van der Waals surface area contributed by atoms with Crippen LogP contribution in [0.3, 0.4) is 0 Å². The number of benzene rings is 1. The Morgan fingerprint density at radius 3 is 2.35 bits per heavy atom. The average Bonchev–Trinajstić information content (AvgIpc) is 2.61. The molecule has 1 atom stereocenters. The van der Waals surface area contributed by atoms with Crippen molar-refractivity contribution in [2.45, 2.75) is 51.6 Å². The van der Waals surface area contributed by atoms with E-state index in [2.05, 4.69) is 0 Å². The summed E-state index contributed by atoms with van der Waals surface area (Å²) in [5.41, 5.74) is -1.79. The van der Waals surface area contributed by atoms with Crippen molar-refractivity contribution in [3.05, 3.63) is 29.3 Å². The normalized spacial score (nSPS) is 12.9. The Morgan fingerprint density at radius 1 is 1.08 bits per heavy atom. The molecule has 0 radical (unpaired) electrons. The van der Waals surface area contributed by atoms with E-state index in [0.717, 1.165) is 25.0 Å². The van der Waals surface area contributed by atoms with Crippen molar-refractivity contribution in [1.29, 1.82) is 0 Å². The fourth-order valence-electron chi connectivity index (χ4n) is 2.31. The molecule has 1 N–H and O–H groups in total. The molecule has 0 aliphatic heterocycles. The number of aliphatic hydroxyl groups is 1. The molecule has 0 spiro atoms. The minimum Gasteiger partial charge on any atom is -0.494 e. The Labute approximate surface area is 159 Å². The monoisotopic (exact) mass is 386 g/mol. The molecule has 26 heavy (non-hydrogen) atoms. The van der Waals surface area contributed by atoms with Crippen molar-refractivity contribution < 1.29 is 28.9 Å². The Hall–Kier alpha value is -1.79. The molecule has 0 aliphatic carbocycles. The molecule has 1 aromatic carbocycles. The van der Waals surface area contributed by atoms with E-state index >= 15 is 0 Å². The van der Waals surface area contributed by atoms with E-state index in [1.165, 1.54) is 6.92 Å². The lowest BCUT2D eigenvalue weighted by molar-refractivity contribution is -0.175. The van der Waals surface area contributed by atoms with Crippen LogP contribution in [0.1, 0.15) is 46.0 Å². The van der Waals surface area contributed by atoms with Crippen LogP contribution in [0.5, 0.6) is 5.75 Å². The highest BCUT2D eigenvalue weighted by Gasteiger charge is 2.38. The van der Waals surface area contributed by atoms with Gasteiger partial charge >= 0.3 is 11.9 Å². The number of rotatable bonds is 12. The van der Waals surface area contributed by atoms with Gasteiger partial charge in [-0.25, -0.2) is 4.79 Å². The first-order chi connectivity index (χ1) is 12.4. The van der Waals surface area contributed by atoms with Gasteiger partial charge in [0.15, 0.2) is 5.60 Å². The summed E-state index contributed by atoms with van der Waals surface area (Å²) in [4.78, 5) is 22.9. The minimum absolute atomic E-state index is 0.156. The fraction of sp³-hybridized carbons (Fsp3) is 0.579. The summed E-state index contributed by atoms with van der Waals surface area (Å²) < 4.78 is 15.3. The maximum atomic E-state index is 11.9. The van der Waals surface area contributed by atoms with Gasteiger partial charge in [-0.05, 0) is 50.5 Å². The lowest BCUT2D eigenvalue weighted by Gasteiger charge is -2.25. The Morgan fingerprint density at radius 2 is 1.73 bits per heavy atom. The number of esters is 2. The molecule has 0 saturated heterocycles. The molecular formula is C19H27ClO6. The Bertz CT molecular complexity index is 560. The molecule has 0 amide bonds. The number of hydrogen-bond acceptors (Lipinski definition) is 6. The molecule has 0 saturated carbocycles. The summed E-state index contributed by atoms with van der Waals surface area (Å²) in [7, 11) is 0. The largest absolute Gasteiger partial charge is 0.494 e. The van der Waals surface area contributed by atoms with Gasteiger partial charge in [0.25, 0.3) is 0 Å². The zero-order valence-corrected chi connectivity index (χ0v) is 16.1. The molecule has 0 unspecified atom stereocenters. The van der Waals surface area contributed by atoms with Crippen LogP contribution < -0.4 is 4.74 Å². The second-order valence-electron chi connectivity index (χ2n) is 6.00. The van der Waals surface area contributed by atoms with E-state index in [-0.39, 0.29) is 19.6 Å². The zero-order valence-electron chi connectivity index (χ0n) is 15.3. The van der Waals surface area contributed by atoms with E-state index in [1.54, 1.807) is 19.1 Å². The molecule has 0 heterocycles. The summed E-state index contributed by atoms with van der Waals surface area (Å²) in [5, 5.41) is 11.1. The minimum atomic E-state index is -1.79. The molecule has 1 aromatic rings. The summed E-state index contributed by atoms with van der Waals surface area (Å²) in [6.07, 6.45) is 3.34. The lowest BCUT2D eigenvalue weighted by Crippen LogP contribution is -2.45. The van der Waals surface area contributed by atoms with Gasteiger partial charge in [0.2, 0.25) is 0 Å². The predicted octanol–water partition coefficient (Wildman–Crippen LogP) is 3.53. The molecule has 0 aliphatic rings. The summed E-state index contributed by atoms with van der Waals surface area (Å²) in [5.74, 6) is -0.535. The summed E-state index contributed by atoms with van der Waals surface area (Å²) in [6, 6.07) is 7.18. The van der Waals surface area contributed by atoms with Crippen LogP contribution in [0.15, 0.2) is 24.3 Å². The number of halogens is 1. The number of unbranched alkanes of at least 4 members (excludes halogenated alkanes) is 3. The molecule has 1 rings (SSSR count). The van der Waals surface area contributed by atoms with Crippen molar-refractivity contribution >= 4 is 23.5 Å². The molecule has 6 nitrogen and oxygen atoms in total. The van der Waals surface area contributed by atoms with Crippen LogP contribution in [0, 0.1) is 0 Å². The molecular weight excluding hydrogens is 360 g/mol. The number of ether oxygens (including phenoxy) is 3. The number of carbonyl (C=O) groups is 2. The predicted molar refractivity (Wildman–Crippen MR) is 98.2 cm³/mol. The van der Waals surface area contributed by atoms with E-state index in [1.807, 2.05) is 12.1 Å². The van der Waals surface area contributed by atoms with Crippen LogP contribution in [-0.2, 0) is 19.1 Å². The van der Waals surface area contributed by atoms with Crippen molar-refractivity contribution in [1.82, 2.24) is 0 Å². The maximum absolute atomic E-state index is 11.9. The smallest absolute Gasteiger partial charge is 0.341 e. The van der Waals surface area contributed by atoms with Crippen molar-refractivity contribution in [2.75, 3.05) is 19.8 Å². The third kappa shape index (κ3) is 8.54. The number of carbonyl (C=O) groups excluding carboxylic acids is 2. The van der Waals surface area contributed by atoms with Crippen molar-refractivity contribution in [3.63, 3.8) is 0 Å². The SMILES string of the molecule is CCOC(=O)[C@](O)(CCCCCCOc1ccc(Cl)cc1)COC(C)=O. The van der Waals surface area contributed by atoms with Gasteiger partial charge in [0.1, 0.15) is 12.4 Å². The van der Waals surface area contributed by atoms with Crippen LogP contribution >= 0.6 is 11.6 Å². The van der Waals surface area contributed by atoms with E-state index in [0.29, 0.717) is 18.1 Å². The van der Waals surface area contributed by atoms with Crippen molar-refractivity contribution in [3.8, 4) is 5.75 Å². The fourth-order valence-corrected chi connectivity index (χ4v) is 2.44. The van der Waals surface area contributed by atoms with Gasteiger partial charge in [-0.2, -0.15) is 0 Å². The summed E-state index contributed by atoms with van der Waals surface area (Å²) >= 11 is 5.81. The lowest BCUT2D eigenvalue weighted by atomic mass is 9.96. The van der Waals surface area contributed by atoms with Gasteiger partial charge in [0, 0.05) is 11.9 Å². The summed E-state index contributed by atoms with van der Waals surface area (Å²) in [6.45, 7) is 3.23. The van der Waals surface area contributed by atoms with Gasteiger partial charge in [-0.3, -0.25) is 4.79 Å². The van der Waals surface area contributed by atoms with Crippen molar-refractivity contribution in [2.24, 2.45) is 0 Å². The quantitative estimate of drug-likeness (QED) is 0.437.